The van der Waals surface area contributed by atoms with Crippen molar-refractivity contribution in [2.45, 2.75) is 6.04 Å². The Labute approximate surface area is 190 Å². The molecular weight excluding hydrogens is 420 g/mol. The Morgan fingerprint density at radius 2 is 1.85 bits per heavy atom. The Bertz CT molecular complexity index is 1260. The van der Waals surface area contributed by atoms with E-state index in [0.717, 1.165) is 24.7 Å². The molecule has 1 atom stereocenters. The van der Waals surface area contributed by atoms with Crippen LogP contribution < -0.4 is 15.0 Å². The summed E-state index contributed by atoms with van der Waals surface area (Å²) in [5, 5.41) is 11.7. The van der Waals surface area contributed by atoms with E-state index < -0.39 is 0 Å². The van der Waals surface area contributed by atoms with Crippen molar-refractivity contribution in [3.8, 4) is 5.75 Å². The third-order valence-corrected chi connectivity index (χ3v) is 5.82. The highest BCUT2D eigenvalue weighted by atomic mass is 16.5. The molecule has 10 nitrogen and oxygen atoms in total. The van der Waals surface area contributed by atoms with Crippen LogP contribution in [0.2, 0.25) is 0 Å². The minimum atomic E-state index is -0.210. The van der Waals surface area contributed by atoms with Crippen LogP contribution in [0.4, 0.5) is 11.6 Å². The maximum Gasteiger partial charge on any atom is 0.257 e. The van der Waals surface area contributed by atoms with Gasteiger partial charge in [-0.2, -0.15) is 0 Å². The average molecular weight is 444 g/mol. The van der Waals surface area contributed by atoms with Crippen LogP contribution in [0.3, 0.4) is 0 Å². The van der Waals surface area contributed by atoms with Crippen molar-refractivity contribution in [3.05, 3.63) is 72.4 Å². The second-order valence-electron chi connectivity index (χ2n) is 7.88. The Kier molecular flexibility index (Phi) is 5.57. The molecule has 1 fully saturated rings. The van der Waals surface area contributed by atoms with E-state index in [-0.39, 0.29) is 11.9 Å². The lowest BCUT2D eigenvalue weighted by atomic mass is 10.1. The van der Waals surface area contributed by atoms with E-state index in [1.54, 1.807) is 62.1 Å². The standard InChI is InChI=1S/C23H24N8O2/c1-29-12-13-30(23-24-10-3-11-25-23)15-19(29)21-28-27-20-9-4-16(14-31(20)21)22(32)26-17-5-7-18(33-2)8-6-17/h3-11,14,19H,12-13,15H2,1-2H3,(H,26,32). The summed E-state index contributed by atoms with van der Waals surface area (Å²) in [6.45, 7) is 2.32. The quantitative estimate of drug-likeness (QED) is 0.500. The lowest BCUT2D eigenvalue weighted by Gasteiger charge is -2.38. The number of anilines is 2. The van der Waals surface area contributed by atoms with Gasteiger partial charge < -0.3 is 15.0 Å². The van der Waals surface area contributed by atoms with E-state index in [4.69, 9.17) is 4.74 Å². The second kappa shape index (κ2) is 8.83. The SMILES string of the molecule is COc1ccc(NC(=O)c2ccc3nnc(C4CN(c5ncccn5)CCN4C)n3c2)cc1. The molecule has 1 amide bonds. The lowest BCUT2D eigenvalue weighted by Crippen LogP contribution is -2.47. The molecule has 1 N–H and O–H groups in total. The van der Waals surface area contributed by atoms with E-state index in [9.17, 15) is 4.79 Å². The summed E-state index contributed by atoms with van der Waals surface area (Å²) in [6.07, 6.45) is 5.28. The molecule has 0 saturated carbocycles. The van der Waals surface area contributed by atoms with Gasteiger partial charge in [0.1, 0.15) is 5.75 Å². The highest BCUT2D eigenvalue weighted by Crippen LogP contribution is 2.25. The number of piperazine rings is 1. The first-order valence-corrected chi connectivity index (χ1v) is 10.6. The molecule has 4 aromatic rings. The third-order valence-electron chi connectivity index (χ3n) is 5.82. The third kappa shape index (κ3) is 4.20. The van der Waals surface area contributed by atoms with Crippen LogP contribution in [-0.2, 0) is 0 Å². The number of fused-ring (bicyclic) bond motifs is 1. The van der Waals surface area contributed by atoms with Crippen molar-refractivity contribution in [2.75, 3.05) is 44.0 Å². The molecule has 0 bridgehead atoms. The van der Waals surface area contributed by atoms with E-state index >= 15 is 0 Å². The van der Waals surface area contributed by atoms with Crippen LogP contribution in [-0.4, -0.2) is 69.2 Å². The number of amides is 1. The van der Waals surface area contributed by atoms with Crippen LogP contribution in [0.25, 0.3) is 5.65 Å². The number of nitrogens with one attached hydrogen (secondary N) is 1. The molecule has 0 radical (unpaired) electrons. The zero-order valence-corrected chi connectivity index (χ0v) is 18.4. The van der Waals surface area contributed by atoms with Crippen LogP contribution in [0.15, 0.2) is 61.1 Å². The van der Waals surface area contributed by atoms with Crippen molar-refractivity contribution in [3.63, 3.8) is 0 Å². The number of hydrogen-bond acceptors (Lipinski definition) is 8. The number of ether oxygens (including phenoxy) is 1. The lowest BCUT2D eigenvalue weighted by molar-refractivity contribution is 0.102. The molecular formula is C23H24N8O2. The number of nitrogens with zero attached hydrogens (tertiary/aromatic N) is 7. The molecule has 1 aliphatic rings. The highest BCUT2D eigenvalue weighted by Gasteiger charge is 2.30. The maximum absolute atomic E-state index is 12.9. The molecule has 1 aliphatic heterocycles. The van der Waals surface area contributed by atoms with Gasteiger partial charge in [-0.05, 0) is 49.5 Å². The Hall–Kier alpha value is -4.05. The Morgan fingerprint density at radius 1 is 1.06 bits per heavy atom. The molecule has 4 heterocycles. The maximum atomic E-state index is 12.9. The predicted molar refractivity (Wildman–Crippen MR) is 124 cm³/mol. The number of rotatable bonds is 5. The smallest absolute Gasteiger partial charge is 0.257 e. The van der Waals surface area contributed by atoms with Crippen LogP contribution in [0, 0.1) is 0 Å². The Balaban J connectivity index is 1.41. The summed E-state index contributed by atoms with van der Waals surface area (Å²) >= 11 is 0. The summed E-state index contributed by atoms with van der Waals surface area (Å²) in [5.41, 5.74) is 1.89. The van der Waals surface area contributed by atoms with Crippen LogP contribution in [0.1, 0.15) is 22.2 Å². The number of hydrogen-bond donors (Lipinski definition) is 1. The fraction of sp³-hybridized carbons (Fsp3) is 0.261. The predicted octanol–water partition coefficient (Wildman–Crippen LogP) is 2.27. The summed E-state index contributed by atoms with van der Waals surface area (Å²) in [6, 6.07) is 12.5. The van der Waals surface area contributed by atoms with Gasteiger partial charge in [0, 0.05) is 43.9 Å². The van der Waals surface area contributed by atoms with Gasteiger partial charge in [0.25, 0.3) is 5.91 Å². The van der Waals surface area contributed by atoms with Crippen molar-refractivity contribution >= 4 is 23.2 Å². The average Bonchev–Trinajstić information content (AvgIpc) is 3.28. The van der Waals surface area contributed by atoms with Gasteiger partial charge in [0.15, 0.2) is 11.5 Å². The topological polar surface area (TPSA) is 101 Å². The van der Waals surface area contributed by atoms with Gasteiger partial charge in [-0.1, -0.05) is 0 Å². The van der Waals surface area contributed by atoms with Gasteiger partial charge in [-0.15, -0.1) is 10.2 Å². The first-order valence-electron chi connectivity index (χ1n) is 10.6. The summed E-state index contributed by atoms with van der Waals surface area (Å²) in [7, 11) is 3.67. The van der Waals surface area contributed by atoms with E-state index in [1.807, 2.05) is 10.5 Å². The zero-order chi connectivity index (χ0) is 22.8. The van der Waals surface area contributed by atoms with Crippen molar-refractivity contribution < 1.29 is 9.53 Å². The molecule has 33 heavy (non-hydrogen) atoms. The molecule has 0 aliphatic carbocycles. The largest absolute Gasteiger partial charge is 0.497 e. The van der Waals surface area contributed by atoms with Crippen LogP contribution in [0.5, 0.6) is 5.75 Å². The first kappa shape index (κ1) is 20.8. The van der Waals surface area contributed by atoms with Gasteiger partial charge >= 0.3 is 0 Å². The molecule has 3 aromatic heterocycles. The number of carbonyl (C=O) groups is 1. The number of aromatic nitrogens is 5. The number of carbonyl (C=O) groups excluding carboxylic acids is 1. The first-order chi connectivity index (χ1) is 16.1. The van der Waals surface area contributed by atoms with Gasteiger partial charge in [0.05, 0.1) is 18.7 Å². The van der Waals surface area contributed by atoms with Crippen LogP contribution >= 0.6 is 0 Å². The van der Waals surface area contributed by atoms with E-state index in [0.29, 0.717) is 29.4 Å². The van der Waals surface area contributed by atoms with Gasteiger partial charge in [-0.3, -0.25) is 14.1 Å². The number of likely N-dealkylation sites (N-methyl/N-ethyl adjacent to an activating group) is 1. The second-order valence-corrected chi connectivity index (χ2v) is 7.88. The van der Waals surface area contributed by atoms with Crippen molar-refractivity contribution in [1.82, 2.24) is 29.5 Å². The number of pyridine rings is 1. The zero-order valence-electron chi connectivity index (χ0n) is 18.4. The van der Waals surface area contributed by atoms with Gasteiger partial charge in [0.2, 0.25) is 5.95 Å². The molecule has 5 rings (SSSR count). The minimum absolute atomic E-state index is 0.0301. The minimum Gasteiger partial charge on any atom is -0.497 e. The van der Waals surface area contributed by atoms with Gasteiger partial charge in [-0.25, -0.2) is 9.97 Å². The molecule has 10 heteroatoms. The fourth-order valence-corrected chi connectivity index (χ4v) is 3.94. The normalized spacial score (nSPS) is 16.7. The van der Waals surface area contributed by atoms with Crippen molar-refractivity contribution in [1.29, 1.82) is 0 Å². The molecule has 1 saturated heterocycles. The molecule has 1 aromatic carbocycles. The highest BCUT2D eigenvalue weighted by molar-refractivity contribution is 6.04. The molecule has 1 unspecified atom stereocenters. The molecule has 0 spiro atoms. The monoisotopic (exact) mass is 444 g/mol. The van der Waals surface area contributed by atoms with E-state index in [1.165, 1.54) is 0 Å². The summed E-state index contributed by atoms with van der Waals surface area (Å²) < 4.78 is 7.06. The van der Waals surface area contributed by atoms with E-state index in [2.05, 4.69) is 42.3 Å². The van der Waals surface area contributed by atoms with Crippen molar-refractivity contribution in [2.24, 2.45) is 0 Å². The number of benzene rings is 1. The Morgan fingerprint density at radius 3 is 2.61 bits per heavy atom. The summed E-state index contributed by atoms with van der Waals surface area (Å²) in [4.78, 5) is 26.0. The fourth-order valence-electron chi connectivity index (χ4n) is 3.94. The number of methoxy groups -OCH3 is 1. The summed E-state index contributed by atoms with van der Waals surface area (Å²) in [5.74, 6) is 1.99. The molecule has 168 valence electrons.